The zero-order chi connectivity index (χ0) is 9.97. The van der Waals surface area contributed by atoms with Crippen LogP contribution in [0.2, 0.25) is 0 Å². The molecule has 1 aliphatic carbocycles. The summed E-state index contributed by atoms with van der Waals surface area (Å²) < 4.78 is 0. The minimum atomic E-state index is 0.558. The SMILES string of the molecule is CC(Nc1ccc(C#N)cc1)C1CC1. The molecule has 0 amide bonds. The first kappa shape index (κ1) is 9.08. The third-order valence-electron chi connectivity index (χ3n) is 2.74. The molecule has 0 aliphatic heterocycles. The number of benzene rings is 1. The Morgan fingerprint density at radius 3 is 2.50 bits per heavy atom. The molecule has 0 saturated heterocycles. The minimum Gasteiger partial charge on any atom is -0.382 e. The predicted octanol–water partition coefficient (Wildman–Crippen LogP) is 2.77. The van der Waals surface area contributed by atoms with E-state index in [9.17, 15) is 0 Å². The van der Waals surface area contributed by atoms with Gasteiger partial charge in [0.25, 0.3) is 0 Å². The van der Waals surface area contributed by atoms with Crippen molar-refractivity contribution in [3.05, 3.63) is 29.8 Å². The van der Waals surface area contributed by atoms with E-state index in [4.69, 9.17) is 5.26 Å². The van der Waals surface area contributed by atoms with E-state index in [1.54, 1.807) is 0 Å². The van der Waals surface area contributed by atoms with Crippen LogP contribution in [-0.4, -0.2) is 6.04 Å². The maximum atomic E-state index is 8.64. The zero-order valence-corrected chi connectivity index (χ0v) is 8.33. The van der Waals surface area contributed by atoms with Crippen molar-refractivity contribution in [3.8, 4) is 6.07 Å². The standard InChI is InChI=1S/C12H14N2/c1-9(11-4-5-11)14-12-6-2-10(8-13)3-7-12/h2-3,6-7,9,11,14H,4-5H2,1H3. The number of rotatable bonds is 3. The monoisotopic (exact) mass is 186 g/mol. The van der Waals surface area contributed by atoms with Crippen LogP contribution in [0.3, 0.4) is 0 Å². The molecule has 0 radical (unpaired) electrons. The average molecular weight is 186 g/mol. The van der Waals surface area contributed by atoms with Gasteiger partial charge in [-0.25, -0.2) is 0 Å². The molecule has 1 aromatic carbocycles. The van der Waals surface area contributed by atoms with Gasteiger partial charge in [-0.15, -0.1) is 0 Å². The van der Waals surface area contributed by atoms with Gasteiger partial charge >= 0.3 is 0 Å². The summed E-state index contributed by atoms with van der Waals surface area (Å²) in [5.74, 6) is 0.852. The van der Waals surface area contributed by atoms with Crippen molar-refractivity contribution < 1.29 is 0 Å². The van der Waals surface area contributed by atoms with E-state index in [0.29, 0.717) is 6.04 Å². The molecule has 0 aromatic heterocycles. The smallest absolute Gasteiger partial charge is 0.0991 e. The van der Waals surface area contributed by atoms with Crippen LogP contribution < -0.4 is 5.32 Å². The van der Waals surface area contributed by atoms with Gasteiger partial charge in [0.05, 0.1) is 11.6 Å². The Kier molecular flexibility index (Phi) is 2.41. The summed E-state index contributed by atoms with van der Waals surface area (Å²) in [7, 11) is 0. The first-order valence-electron chi connectivity index (χ1n) is 5.06. The van der Waals surface area contributed by atoms with E-state index < -0.39 is 0 Å². The molecule has 1 atom stereocenters. The summed E-state index contributed by atoms with van der Waals surface area (Å²) in [6, 6.07) is 10.3. The highest BCUT2D eigenvalue weighted by Gasteiger charge is 2.27. The van der Waals surface area contributed by atoms with Crippen molar-refractivity contribution in [2.75, 3.05) is 5.32 Å². The molecule has 1 saturated carbocycles. The summed E-state index contributed by atoms with van der Waals surface area (Å²) in [6.45, 7) is 2.22. The van der Waals surface area contributed by atoms with Crippen molar-refractivity contribution in [1.29, 1.82) is 5.26 Å². The molecule has 1 unspecified atom stereocenters. The second-order valence-corrected chi connectivity index (χ2v) is 3.96. The largest absolute Gasteiger partial charge is 0.382 e. The van der Waals surface area contributed by atoms with Gasteiger partial charge in [0.1, 0.15) is 0 Å². The molecule has 1 aromatic rings. The maximum Gasteiger partial charge on any atom is 0.0991 e. The summed E-state index contributed by atoms with van der Waals surface area (Å²) in [5, 5.41) is 12.1. The molecule has 1 fully saturated rings. The quantitative estimate of drug-likeness (QED) is 0.787. The molecule has 72 valence electrons. The number of hydrogen-bond donors (Lipinski definition) is 1. The second-order valence-electron chi connectivity index (χ2n) is 3.96. The van der Waals surface area contributed by atoms with Crippen LogP contribution >= 0.6 is 0 Å². The van der Waals surface area contributed by atoms with E-state index in [1.165, 1.54) is 12.8 Å². The molecule has 2 heteroatoms. The van der Waals surface area contributed by atoms with Crippen LogP contribution in [0.1, 0.15) is 25.3 Å². The normalized spacial score (nSPS) is 17.1. The number of hydrogen-bond acceptors (Lipinski definition) is 2. The first-order chi connectivity index (χ1) is 6.79. The van der Waals surface area contributed by atoms with Crippen molar-refractivity contribution >= 4 is 5.69 Å². The first-order valence-corrected chi connectivity index (χ1v) is 5.06. The summed E-state index contributed by atoms with van der Waals surface area (Å²) in [5.41, 5.74) is 1.83. The van der Waals surface area contributed by atoms with E-state index in [1.807, 2.05) is 24.3 Å². The molecule has 14 heavy (non-hydrogen) atoms. The van der Waals surface area contributed by atoms with Gasteiger partial charge in [-0.3, -0.25) is 0 Å². The molecular weight excluding hydrogens is 172 g/mol. The van der Waals surface area contributed by atoms with E-state index in [2.05, 4.69) is 18.3 Å². The lowest BCUT2D eigenvalue weighted by molar-refractivity contribution is 0.694. The molecule has 2 nitrogen and oxygen atoms in total. The molecule has 2 rings (SSSR count). The fraction of sp³-hybridized carbons (Fsp3) is 0.417. The third kappa shape index (κ3) is 2.05. The summed E-state index contributed by atoms with van der Waals surface area (Å²) >= 11 is 0. The van der Waals surface area contributed by atoms with Crippen molar-refractivity contribution in [1.82, 2.24) is 0 Å². The van der Waals surface area contributed by atoms with Gasteiger partial charge in [0, 0.05) is 11.7 Å². The van der Waals surface area contributed by atoms with Gasteiger partial charge in [-0.2, -0.15) is 5.26 Å². The minimum absolute atomic E-state index is 0.558. The van der Waals surface area contributed by atoms with E-state index >= 15 is 0 Å². The number of nitrogens with one attached hydrogen (secondary N) is 1. The summed E-state index contributed by atoms with van der Waals surface area (Å²) in [4.78, 5) is 0. The Bertz CT molecular complexity index is 344. The van der Waals surface area contributed by atoms with Crippen molar-refractivity contribution in [3.63, 3.8) is 0 Å². The van der Waals surface area contributed by atoms with Crippen LogP contribution in [0.5, 0.6) is 0 Å². The van der Waals surface area contributed by atoms with Gasteiger partial charge < -0.3 is 5.32 Å². The van der Waals surface area contributed by atoms with Gasteiger partial charge in [-0.1, -0.05) is 0 Å². The lowest BCUT2D eigenvalue weighted by atomic mass is 10.2. The Labute approximate surface area is 84.6 Å². The molecule has 1 N–H and O–H groups in total. The zero-order valence-electron chi connectivity index (χ0n) is 8.33. The third-order valence-corrected chi connectivity index (χ3v) is 2.74. The second kappa shape index (κ2) is 3.71. The highest BCUT2D eigenvalue weighted by molar-refractivity contribution is 5.47. The molecular formula is C12H14N2. The lowest BCUT2D eigenvalue weighted by Crippen LogP contribution is -2.16. The highest BCUT2D eigenvalue weighted by atomic mass is 14.9. The lowest BCUT2D eigenvalue weighted by Gasteiger charge is -2.13. The Hall–Kier alpha value is -1.49. The maximum absolute atomic E-state index is 8.64. The van der Waals surface area contributed by atoms with Gasteiger partial charge in [-0.05, 0) is 49.9 Å². The van der Waals surface area contributed by atoms with E-state index in [-0.39, 0.29) is 0 Å². The van der Waals surface area contributed by atoms with E-state index in [0.717, 1.165) is 17.2 Å². The number of nitriles is 1. The molecule has 0 spiro atoms. The van der Waals surface area contributed by atoms with Crippen LogP contribution in [0, 0.1) is 17.2 Å². The van der Waals surface area contributed by atoms with Crippen LogP contribution in [-0.2, 0) is 0 Å². The predicted molar refractivity (Wildman–Crippen MR) is 57.0 cm³/mol. The molecule has 1 aliphatic rings. The van der Waals surface area contributed by atoms with Crippen molar-refractivity contribution in [2.45, 2.75) is 25.8 Å². The Balaban J connectivity index is 1.99. The van der Waals surface area contributed by atoms with Gasteiger partial charge in [0.15, 0.2) is 0 Å². The fourth-order valence-corrected chi connectivity index (χ4v) is 1.62. The Morgan fingerprint density at radius 2 is 2.00 bits per heavy atom. The average Bonchev–Trinajstić information content (AvgIpc) is 3.02. The van der Waals surface area contributed by atoms with Crippen LogP contribution in [0.15, 0.2) is 24.3 Å². The molecule has 0 heterocycles. The van der Waals surface area contributed by atoms with Crippen LogP contribution in [0.4, 0.5) is 5.69 Å². The van der Waals surface area contributed by atoms with Crippen LogP contribution in [0.25, 0.3) is 0 Å². The Morgan fingerprint density at radius 1 is 1.36 bits per heavy atom. The molecule has 0 bridgehead atoms. The number of anilines is 1. The van der Waals surface area contributed by atoms with Crippen molar-refractivity contribution in [2.24, 2.45) is 5.92 Å². The summed E-state index contributed by atoms with van der Waals surface area (Å²) in [6.07, 6.45) is 2.70. The van der Waals surface area contributed by atoms with Gasteiger partial charge in [0.2, 0.25) is 0 Å². The number of nitrogens with zero attached hydrogens (tertiary/aromatic N) is 1. The fourth-order valence-electron chi connectivity index (χ4n) is 1.62. The highest BCUT2D eigenvalue weighted by Crippen LogP contribution is 2.33. The topological polar surface area (TPSA) is 35.8 Å².